The second-order valence-electron chi connectivity index (χ2n) is 4.69. The van der Waals surface area contributed by atoms with Crippen molar-refractivity contribution in [2.45, 2.75) is 33.1 Å². The van der Waals surface area contributed by atoms with Gasteiger partial charge in [-0.05, 0) is 18.4 Å². The van der Waals surface area contributed by atoms with E-state index in [1.54, 1.807) is 0 Å². The molecule has 18 heavy (non-hydrogen) atoms. The predicted molar refractivity (Wildman–Crippen MR) is 72.3 cm³/mol. The Morgan fingerprint density at radius 3 is 2.33 bits per heavy atom. The largest absolute Gasteiger partial charge is 0.348 e. The summed E-state index contributed by atoms with van der Waals surface area (Å²) in [5, 5.41) is 2.71. The maximum atomic E-state index is 12.2. The standard InChI is InChI=1S/C15H21NO2/c1-4-11(2)14(13-8-6-5-7-9-13)15(18)16-10-12(3)17/h5-9,11,14H,4,10H2,1-3H3,(H,16,18). The molecular weight excluding hydrogens is 226 g/mol. The van der Waals surface area contributed by atoms with Crippen molar-refractivity contribution in [3.63, 3.8) is 0 Å². The molecule has 1 rings (SSSR count). The lowest BCUT2D eigenvalue weighted by Gasteiger charge is -2.22. The maximum absolute atomic E-state index is 12.2. The van der Waals surface area contributed by atoms with Gasteiger partial charge in [-0.3, -0.25) is 9.59 Å². The number of rotatable bonds is 6. The van der Waals surface area contributed by atoms with Crippen LogP contribution in [0.1, 0.15) is 38.7 Å². The molecule has 1 amide bonds. The van der Waals surface area contributed by atoms with Crippen LogP contribution in [0.2, 0.25) is 0 Å². The molecule has 1 aromatic carbocycles. The molecule has 0 fully saturated rings. The molecule has 0 heterocycles. The highest BCUT2D eigenvalue weighted by molar-refractivity contribution is 5.88. The third-order valence-electron chi connectivity index (χ3n) is 3.17. The molecule has 1 aromatic rings. The summed E-state index contributed by atoms with van der Waals surface area (Å²) >= 11 is 0. The van der Waals surface area contributed by atoms with Gasteiger partial charge < -0.3 is 5.32 Å². The van der Waals surface area contributed by atoms with Crippen LogP contribution in [0.3, 0.4) is 0 Å². The van der Waals surface area contributed by atoms with Crippen molar-refractivity contribution in [2.75, 3.05) is 6.54 Å². The van der Waals surface area contributed by atoms with Crippen molar-refractivity contribution in [1.82, 2.24) is 5.32 Å². The number of amides is 1. The van der Waals surface area contributed by atoms with Gasteiger partial charge in [0.1, 0.15) is 5.78 Å². The highest BCUT2D eigenvalue weighted by atomic mass is 16.2. The zero-order valence-corrected chi connectivity index (χ0v) is 11.3. The van der Waals surface area contributed by atoms with Crippen LogP contribution in [-0.4, -0.2) is 18.2 Å². The van der Waals surface area contributed by atoms with Gasteiger partial charge >= 0.3 is 0 Å². The van der Waals surface area contributed by atoms with Crippen molar-refractivity contribution >= 4 is 11.7 Å². The molecule has 98 valence electrons. The molecule has 0 saturated heterocycles. The number of carbonyl (C=O) groups excluding carboxylic acids is 2. The Kier molecular flexibility index (Phi) is 5.56. The fraction of sp³-hybridized carbons (Fsp3) is 0.467. The lowest BCUT2D eigenvalue weighted by Crippen LogP contribution is -2.35. The van der Waals surface area contributed by atoms with E-state index in [-0.39, 0.29) is 30.1 Å². The molecule has 2 unspecified atom stereocenters. The van der Waals surface area contributed by atoms with Crippen LogP contribution in [0.5, 0.6) is 0 Å². The minimum atomic E-state index is -0.185. The van der Waals surface area contributed by atoms with Gasteiger partial charge in [-0.1, -0.05) is 50.6 Å². The van der Waals surface area contributed by atoms with Gasteiger partial charge in [-0.15, -0.1) is 0 Å². The SMILES string of the molecule is CCC(C)C(C(=O)NCC(C)=O)c1ccccc1. The molecule has 0 aliphatic carbocycles. The molecule has 0 spiro atoms. The number of hydrogen-bond acceptors (Lipinski definition) is 2. The highest BCUT2D eigenvalue weighted by Crippen LogP contribution is 2.26. The molecule has 2 atom stereocenters. The van der Waals surface area contributed by atoms with E-state index in [0.717, 1.165) is 12.0 Å². The van der Waals surface area contributed by atoms with E-state index in [2.05, 4.69) is 19.2 Å². The Balaban J connectivity index is 2.85. The first-order chi connectivity index (χ1) is 8.56. The van der Waals surface area contributed by atoms with Crippen molar-refractivity contribution < 1.29 is 9.59 Å². The summed E-state index contributed by atoms with van der Waals surface area (Å²) in [7, 11) is 0. The van der Waals surface area contributed by atoms with Crippen LogP contribution in [0.4, 0.5) is 0 Å². The minimum absolute atomic E-state index is 0.0284. The molecular formula is C15H21NO2. The number of Topliss-reactive ketones (excluding diaryl/α,β-unsaturated/α-hetero) is 1. The number of benzene rings is 1. The smallest absolute Gasteiger partial charge is 0.228 e. The normalized spacial score (nSPS) is 13.7. The number of nitrogens with one attached hydrogen (secondary N) is 1. The quantitative estimate of drug-likeness (QED) is 0.839. The van der Waals surface area contributed by atoms with Gasteiger partial charge in [0.15, 0.2) is 0 Å². The van der Waals surface area contributed by atoms with Gasteiger partial charge in [-0.2, -0.15) is 0 Å². The molecule has 0 aliphatic rings. The van der Waals surface area contributed by atoms with Crippen LogP contribution >= 0.6 is 0 Å². The topological polar surface area (TPSA) is 46.2 Å². The summed E-state index contributed by atoms with van der Waals surface area (Å²) in [4.78, 5) is 23.1. The van der Waals surface area contributed by atoms with Gasteiger partial charge in [0.05, 0.1) is 12.5 Å². The Morgan fingerprint density at radius 2 is 1.83 bits per heavy atom. The van der Waals surface area contributed by atoms with E-state index in [4.69, 9.17) is 0 Å². The summed E-state index contributed by atoms with van der Waals surface area (Å²) in [5.74, 6) is -0.0278. The molecule has 0 aliphatic heterocycles. The van der Waals surface area contributed by atoms with Gasteiger partial charge in [0.2, 0.25) is 5.91 Å². The summed E-state index contributed by atoms with van der Waals surface area (Å²) in [6, 6.07) is 9.73. The Bertz CT molecular complexity index is 400. The lowest BCUT2D eigenvalue weighted by atomic mass is 9.85. The third-order valence-corrected chi connectivity index (χ3v) is 3.17. The van der Waals surface area contributed by atoms with Crippen molar-refractivity contribution in [3.05, 3.63) is 35.9 Å². The van der Waals surface area contributed by atoms with Crippen LogP contribution in [0.25, 0.3) is 0 Å². The van der Waals surface area contributed by atoms with Crippen LogP contribution in [-0.2, 0) is 9.59 Å². The Hall–Kier alpha value is -1.64. The van der Waals surface area contributed by atoms with E-state index < -0.39 is 0 Å². The van der Waals surface area contributed by atoms with Crippen molar-refractivity contribution in [2.24, 2.45) is 5.92 Å². The minimum Gasteiger partial charge on any atom is -0.348 e. The lowest BCUT2D eigenvalue weighted by molar-refractivity contribution is -0.126. The highest BCUT2D eigenvalue weighted by Gasteiger charge is 2.25. The first-order valence-electron chi connectivity index (χ1n) is 6.38. The van der Waals surface area contributed by atoms with Crippen LogP contribution < -0.4 is 5.32 Å². The first kappa shape index (κ1) is 14.4. The molecule has 0 aromatic heterocycles. The van der Waals surface area contributed by atoms with Crippen molar-refractivity contribution in [3.8, 4) is 0 Å². The molecule has 0 saturated carbocycles. The second-order valence-corrected chi connectivity index (χ2v) is 4.69. The van der Waals surface area contributed by atoms with E-state index >= 15 is 0 Å². The number of ketones is 1. The average Bonchev–Trinajstić information content (AvgIpc) is 2.37. The monoisotopic (exact) mass is 247 g/mol. The number of carbonyl (C=O) groups is 2. The Morgan fingerprint density at radius 1 is 1.22 bits per heavy atom. The maximum Gasteiger partial charge on any atom is 0.228 e. The molecule has 1 N–H and O–H groups in total. The molecule has 3 nitrogen and oxygen atoms in total. The predicted octanol–water partition coefficient (Wildman–Crippen LogP) is 2.52. The van der Waals surface area contributed by atoms with Gasteiger partial charge in [0.25, 0.3) is 0 Å². The molecule has 0 bridgehead atoms. The molecule has 3 heteroatoms. The van der Waals surface area contributed by atoms with Gasteiger partial charge in [-0.25, -0.2) is 0 Å². The third kappa shape index (κ3) is 3.99. The zero-order chi connectivity index (χ0) is 13.5. The van der Waals surface area contributed by atoms with E-state index in [1.807, 2.05) is 30.3 Å². The average molecular weight is 247 g/mol. The van der Waals surface area contributed by atoms with E-state index in [0.29, 0.717) is 0 Å². The zero-order valence-electron chi connectivity index (χ0n) is 11.3. The molecule has 0 radical (unpaired) electrons. The Labute approximate surface area is 109 Å². The van der Waals surface area contributed by atoms with E-state index in [9.17, 15) is 9.59 Å². The first-order valence-corrected chi connectivity index (χ1v) is 6.38. The summed E-state index contributed by atoms with van der Waals surface area (Å²) in [6.45, 7) is 5.71. The van der Waals surface area contributed by atoms with Crippen LogP contribution in [0.15, 0.2) is 30.3 Å². The summed E-state index contributed by atoms with van der Waals surface area (Å²) in [6.07, 6.45) is 0.924. The fourth-order valence-electron chi connectivity index (χ4n) is 1.96. The summed E-state index contributed by atoms with van der Waals surface area (Å²) < 4.78 is 0. The van der Waals surface area contributed by atoms with E-state index in [1.165, 1.54) is 6.92 Å². The van der Waals surface area contributed by atoms with Crippen molar-refractivity contribution in [1.29, 1.82) is 0 Å². The van der Waals surface area contributed by atoms with Gasteiger partial charge in [0, 0.05) is 0 Å². The summed E-state index contributed by atoms with van der Waals surface area (Å²) in [5.41, 5.74) is 1.01. The number of hydrogen-bond donors (Lipinski definition) is 1. The van der Waals surface area contributed by atoms with Crippen LogP contribution in [0, 0.1) is 5.92 Å². The fourth-order valence-corrected chi connectivity index (χ4v) is 1.96. The second kappa shape index (κ2) is 6.94.